The number of thiazole rings is 1. The molecule has 1 unspecified atom stereocenters. The molecule has 2 aliphatic heterocycles. The molecule has 2 N–H and O–H groups in total. The Kier molecular flexibility index (Phi) is 8.94. The molecule has 1 amide bonds. The summed E-state index contributed by atoms with van der Waals surface area (Å²) in [6.07, 6.45) is 2.13. The van der Waals surface area contributed by atoms with Crippen molar-refractivity contribution in [3.63, 3.8) is 0 Å². The monoisotopic (exact) mass is 531 g/mol. The van der Waals surface area contributed by atoms with E-state index >= 15 is 0 Å². The lowest BCUT2D eigenvalue weighted by molar-refractivity contribution is 0.0342. The highest BCUT2D eigenvalue weighted by atomic mass is 32.1. The summed E-state index contributed by atoms with van der Waals surface area (Å²) in [6, 6.07) is 16.5. The average Bonchev–Trinajstić information content (AvgIpc) is 3.42. The molecular weight excluding hydrogens is 498 g/mol. The second-order valence-corrected chi connectivity index (χ2v) is 10.6. The first-order chi connectivity index (χ1) is 18.7. The molecule has 3 aromatic rings. The van der Waals surface area contributed by atoms with Gasteiger partial charge in [-0.3, -0.25) is 14.6 Å². The number of carbonyl (C=O) groups is 1. The lowest BCUT2D eigenvalue weighted by atomic mass is 9.94. The van der Waals surface area contributed by atoms with Crippen LogP contribution in [0, 0.1) is 11.3 Å². The minimum absolute atomic E-state index is 0.200. The van der Waals surface area contributed by atoms with Gasteiger partial charge in [-0.05, 0) is 42.6 Å². The van der Waals surface area contributed by atoms with Crippen LogP contribution in [0.25, 0.3) is 0 Å². The molecule has 2 aromatic heterocycles. The number of hydrogen-bond acceptors (Lipinski definition) is 9. The number of nitrogens with zero attached hydrogens (tertiary/aromatic N) is 5. The molecule has 2 fully saturated rings. The number of anilines is 2. The smallest absolute Gasteiger partial charge is 0.271 e. The van der Waals surface area contributed by atoms with Gasteiger partial charge in [0.05, 0.1) is 25.8 Å². The molecule has 5 rings (SSSR count). The second kappa shape index (κ2) is 12.9. The minimum Gasteiger partial charge on any atom is -0.379 e. The van der Waals surface area contributed by atoms with E-state index in [2.05, 4.69) is 43.6 Å². The summed E-state index contributed by atoms with van der Waals surface area (Å²) in [5.41, 5.74) is 3.70. The maximum absolute atomic E-state index is 12.8. The topological polar surface area (TPSA) is 106 Å². The van der Waals surface area contributed by atoms with Crippen LogP contribution < -0.4 is 10.6 Å². The molecule has 4 heterocycles. The number of benzene rings is 1. The van der Waals surface area contributed by atoms with Crippen molar-refractivity contribution in [1.82, 2.24) is 25.1 Å². The van der Waals surface area contributed by atoms with Gasteiger partial charge in [-0.2, -0.15) is 5.26 Å². The Balaban J connectivity index is 1.14. The van der Waals surface area contributed by atoms with Crippen LogP contribution in [-0.4, -0.2) is 71.6 Å². The highest BCUT2D eigenvalue weighted by Gasteiger charge is 2.22. The SMILES string of the molecule is N#CCN1CCCC(c2cccc(Nc3nc(C(=O)NCc4cccc(CN5CCOCC5)c4)cs3)n2)C1. The van der Waals surface area contributed by atoms with Crippen molar-refractivity contribution in [2.24, 2.45) is 0 Å². The Morgan fingerprint density at radius 3 is 2.82 bits per heavy atom. The van der Waals surface area contributed by atoms with Crippen molar-refractivity contribution in [1.29, 1.82) is 5.26 Å². The summed E-state index contributed by atoms with van der Waals surface area (Å²) in [4.78, 5) is 26.6. The number of carbonyl (C=O) groups excluding carboxylic acids is 1. The Morgan fingerprint density at radius 2 is 1.95 bits per heavy atom. The van der Waals surface area contributed by atoms with E-state index in [0.29, 0.717) is 35.7 Å². The zero-order valence-corrected chi connectivity index (χ0v) is 22.3. The Hall–Kier alpha value is -3.36. The number of piperidine rings is 1. The molecular formula is C28H33N7O2S. The van der Waals surface area contributed by atoms with Crippen LogP contribution in [0.4, 0.5) is 10.9 Å². The number of pyridine rings is 1. The van der Waals surface area contributed by atoms with Gasteiger partial charge in [0.2, 0.25) is 0 Å². The number of hydrogen-bond donors (Lipinski definition) is 2. The molecule has 1 aromatic carbocycles. The molecule has 2 aliphatic rings. The van der Waals surface area contributed by atoms with E-state index in [9.17, 15) is 4.79 Å². The highest BCUT2D eigenvalue weighted by molar-refractivity contribution is 7.14. The average molecular weight is 532 g/mol. The number of rotatable bonds is 9. The van der Waals surface area contributed by atoms with Crippen LogP contribution in [0.5, 0.6) is 0 Å². The summed E-state index contributed by atoms with van der Waals surface area (Å²) in [5, 5.41) is 17.7. The van der Waals surface area contributed by atoms with E-state index in [1.807, 2.05) is 30.3 Å². The van der Waals surface area contributed by atoms with Gasteiger partial charge in [0.25, 0.3) is 5.91 Å². The minimum atomic E-state index is -0.200. The molecule has 198 valence electrons. The zero-order valence-electron chi connectivity index (χ0n) is 21.4. The zero-order chi connectivity index (χ0) is 26.2. The highest BCUT2D eigenvalue weighted by Crippen LogP contribution is 2.27. The number of aromatic nitrogens is 2. The van der Waals surface area contributed by atoms with Crippen LogP contribution in [0.1, 0.15) is 46.1 Å². The fourth-order valence-corrected chi connectivity index (χ4v) is 5.66. The fraction of sp³-hybridized carbons (Fsp3) is 0.429. The molecule has 2 saturated heterocycles. The number of ether oxygens (including phenoxy) is 1. The van der Waals surface area contributed by atoms with Crippen molar-refractivity contribution >= 4 is 28.2 Å². The third-order valence-corrected chi connectivity index (χ3v) is 7.67. The van der Waals surface area contributed by atoms with E-state index in [1.165, 1.54) is 16.9 Å². The van der Waals surface area contributed by atoms with Crippen LogP contribution >= 0.6 is 11.3 Å². The van der Waals surface area contributed by atoms with Crippen LogP contribution in [-0.2, 0) is 17.8 Å². The third kappa shape index (κ3) is 7.14. The van der Waals surface area contributed by atoms with Crippen molar-refractivity contribution in [3.05, 3.63) is 70.4 Å². The number of nitriles is 1. The molecule has 9 nitrogen and oxygen atoms in total. The Bertz CT molecular complexity index is 1270. The summed E-state index contributed by atoms with van der Waals surface area (Å²) < 4.78 is 5.43. The van der Waals surface area contributed by atoms with E-state index in [1.54, 1.807) is 5.38 Å². The van der Waals surface area contributed by atoms with Crippen molar-refractivity contribution in [3.8, 4) is 6.07 Å². The van der Waals surface area contributed by atoms with Gasteiger partial charge in [0, 0.05) is 49.7 Å². The normalized spacial score (nSPS) is 18.6. The van der Waals surface area contributed by atoms with Gasteiger partial charge in [0.15, 0.2) is 5.13 Å². The molecule has 1 atom stereocenters. The number of likely N-dealkylation sites (tertiary alicyclic amines) is 1. The third-order valence-electron chi connectivity index (χ3n) is 6.91. The quantitative estimate of drug-likeness (QED) is 0.402. The number of amides is 1. The summed E-state index contributed by atoms with van der Waals surface area (Å²) in [5.74, 6) is 0.816. The largest absolute Gasteiger partial charge is 0.379 e. The van der Waals surface area contributed by atoms with Gasteiger partial charge in [-0.15, -0.1) is 11.3 Å². The first-order valence-electron chi connectivity index (χ1n) is 13.1. The Morgan fingerprint density at radius 1 is 1.11 bits per heavy atom. The summed E-state index contributed by atoms with van der Waals surface area (Å²) in [6.45, 7) is 7.07. The van der Waals surface area contributed by atoms with Gasteiger partial charge in [-0.25, -0.2) is 9.97 Å². The van der Waals surface area contributed by atoms with Gasteiger partial charge < -0.3 is 15.4 Å². The predicted molar refractivity (Wildman–Crippen MR) is 147 cm³/mol. The molecule has 0 aliphatic carbocycles. The van der Waals surface area contributed by atoms with Crippen molar-refractivity contribution < 1.29 is 9.53 Å². The maximum atomic E-state index is 12.8. The first-order valence-corrected chi connectivity index (χ1v) is 14.0. The molecule has 0 radical (unpaired) electrons. The van der Waals surface area contributed by atoms with Crippen LogP contribution in [0.15, 0.2) is 47.8 Å². The van der Waals surface area contributed by atoms with Crippen molar-refractivity contribution in [2.75, 3.05) is 51.3 Å². The maximum Gasteiger partial charge on any atom is 0.271 e. The fourth-order valence-electron chi connectivity index (χ4n) is 4.96. The lowest BCUT2D eigenvalue weighted by Crippen LogP contribution is -2.35. The number of morpholine rings is 1. The summed E-state index contributed by atoms with van der Waals surface area (Å²) in [7, 11) is 0. The summed E-state index contributed by atoms with van der Waals surface area (Å²) >= 11 is 1.38. The van der Waals surface area contributed by atoms with Gasteiger partial charge in [0.1, 0.15) is 11.5 Å². The molecule has 0 bridgehead atoms. The van der Waals surface area contributed by atoms with Gasteiger partial charge >= 0.3 is 0 Å². The van der Waals surface area contributed by atoms with E-state index in [4.69, 9.17) is 15.0 Å². The number of nitrogens with one attached hydrogen (secondary N) is 2. The predicted octanol–water partition coefficient (Wildman–Crippen LogP) is 3.75. The van der Waals surface area contributed by atoms with E-state index in [-0.39, 0.29) is 5.91 Å². The van der Waals surface area contributed by atoms with E-state index < -0.39 is 0 Å². The van der Waals surface area contributed by atoms with Gasteiger partial charge in [-0.1, -0.05) is 30.3 Å². The lowest BCUT2D eigenvalue weighted by Gasteiger charge is -2.30. The second-order valence-electron chi connectivity index (χ2n) is 9.73. The molecule has 0 spiro atoms. The van der Waals surface area contributed by atoms with Crippen molar-refractivity contribution in [2.45, 2.75) is 31.8 Å². The Labute approximate surface area is 227 Å². The molecule has 0 saturated carbocycles. The van der Waals surface area contributed by atoms with Crippen LogP contribution in [0.2, 0.25) is 0 Å². The van der Waals surface area contributed by atoms with E-state index in [0.717, 1.165) is 70.0 Å². The first kappa shape index (κ1) is 26.3. The molecule has 38 heavy (non-hydrogen) atoms. The standard InChI is InChI=1S/C28H33N7O2S/c29-9-11-34-10-3-6-23(19-34)24-7-2-8-26(31-24)33-28-32-25(20-38-28)27(36)30-17-21-4-1-5-22(16-21)18-35-12-14-37-15-13-35/h1-2,4-5,7-8,16,20,23H,3,6,10-15,17-19H2,(H,30,36)(H,31,32,33). The van der Waals surface area contributed by atoms with Crippen LogP contribution in [0.3, 0.4) is 0 Å². The molecule has 10 heteroatoms.